The summed E-state index contributed by atoms with van der Waals surface area (Å²) in [6, 6.07) is 4.28. The van der Waals surface area contributed by atoms with Gasteiger partial charge in [-0.05, 0) is 38.0 Å². The Kier molecular flexibility index (Phi) is 5.27. The third kappa shape index (κ3) is 3.78. The molecule has 0 heterocycles. The van der Waals surface area contributed by atoms with Crippen LogP contribution in [0.4, 0.5) is 0 Å². The summed E-state index contributed by atoms with van der Waals surface area (Å²) in [7, 11) is -2.26. The van der Waals surface area contributed by atoms with E-state index in [1.54, 1.807) is 19.9 Å². The Morgan fingerprint density at radius 1 is 1.45 bits per heavy atom. The Hall–Kier alpha value is -1.44. The molecule has 0 saturated heterocycles. The lowest BCUT2D eigenvalue weighted by molar-refractivity contribution is 0.0999. The first-order valence-corrected chi connectivity index (χ1v) is 7.65. The largest absolute Gasteiger partial charge is 0.393 e. The first-order valence-electron chi connectivity index (χ1n) is 6.21. The molecule has 0 saturated carbocycles. The van der Waals surface area contributed by atoms with E-state index < -0.39 is 22.0 Å². The van der Waals surface area contributed by atoms with Gasteiger partial charge in [0.1, 0.15) is 0 Å². The summed E-state index contributed by atoms with van der Waals surface area (Å²) in [4.78, 5) is 11.3. The summed E-state index contributed by atoms with van der Waals surface area (Å²) < 4.78 is 25.8. The number of sulfonamides is 1. The van der Waals surface area contributed by atoms with Gasteiger partial charge in [-0.15, -0.1) is 0 Å². The van der Waals surface area contributed by atoms with Crippen LogP contribution in [0.5, 0.6) is 0 Å². The maximum absolute atomic E-state index is 12.3. The fourth-order valence-electron chi connectivity index (χ4n) is 1.70. The number of hydrogen-bond donors (Lipinski definition) is 2. The van der Waals surface area contributed by atoms with Crippen LogP contribution in [0.3, 0.4) is 0 Å². The highest BCUT2D eigenvalue weighted by molar-refractivity contribution is 7.89. The highest BCUT2D eigenvalue weighted by Gasteiger charge is 2.22. The number of aryl methyl sites for hydroxylation is 1. The van der Waals surface area contributed by atoms with E-state index in [-0.39, 0.29) is 17.0 Å². The van der Waals surface area contributed by atoms with E-state index in [0.717, 1.165) is 4.31 Å². The zero-order valence-electron chi connectivity index (χ0n) is 11.8. The van der Waals surface area contributed by atoms with E-state index in [2.05, 4.69) is 0 Å². The minimum Gasteiger partial charge on any atom is -0.393 e. The number of carbonyl (C=O) groups is 1. The van der Waals surface area contributed by atoms with Gasteiger partial charge < -0.3 is 10.8 Å². The Morgan fingerprint density at radius 3 is 2.55 bits per heavy atom. The van der Waals surface area contributed by atoms with Gasteiger partial charge in [-0.2, -0.15) is 0 Å². The molecule has 1 aromatic carbocycles. The van der Waals surface area contributed by atoms with Crippen LogP contribution in [0.2, 0.25) is 0 Å². The van der Waals surface area contributed by atoms with Gasteiger partial charge >= 0.3 is 0 Å². The van der Waals surface area contributed by atoms with Crippen LogP contribution < -0.4 is 5.73 Å². The van der Waals surface area contributed by atoms with Gasteiger partial charge in [0.25, 0.3) is 0 Å². The third-order valence-electron chi connectivity index (χ3n) is 3.04. The molecular formula is C13H20N2O4S. The van der Waals surface area contributed by atoms with Crippen molar-refractivity contribution in [3.63, 3.8) is 0 Å². The Morgan fingerprint density at radius 2 is 2.05 bits per heavy atom. The highest BCUT2D eigenvalue weighted by Crippen LogP contribution is 2.19. The fraction of sp³-hybridized carbons (Fsp3) is 0.462. The van der Waals surface area contributed by atoms with Crippen molar-refractivity contribution in [2.75, 3.05) is 13.6 Å². The van der Waals surface area contributed by atoms with Crippen LogP contribution in [0.1, 0.15) is 29.3 Å². The van der Waals surface area contributed by atoms with Crippen molar-refractivity contribution < 1.29 is 18.3 Å². The molecule has 1 atom stereocenters. The molecule has 0 radical (unpaired) electrons. The summed E-state index contributed by atoms with van der Waals surface area (Å²) in [5.74, 6) is -0.661. The van der Waals surface area contributed by atoms with Crippen LogP contribution in [-0.4, -0.2) is 43.4 Å². The topological polar surface area (TPSA) is 101 Å². The number of aliphatic hydroxyl groups excluding tert-OH is 1. The van der Waals surface area contributed by atoms with Crippen molar-refractivity contribution in [3.8, 4) is 0 Å². The molecule has 0 bridgehead atoms. The number of benzene rings is 1. The zero-order valence-corrected chi connectivity index (χ0v) is 12.6. The van der Waals surface area contributed by atoms with Crippen LogP contribution in [-0.2, 0) is 10.0 Å². The monoisotopic (exact) mass is 300 g/mol. The number of carbonyl (C=O) groups excluding carboxylic acids is 1. The number of amides is 1. The van der Waals surface area contributed by atoms with Crippen LogP contribution in [0, 0.1) is 6.92 Å². The molecule has 0 aliphatic heterocycles. The van der Waals surface area contributed by atoms with Crippen molar-refractivity contribution in [2.24, 2.45) is 5.73 Å². The normalized spacial score (nSPS) is 13.4. The molecule has 1 aromatic rings. The number of rotatable bonds is 6. The molecule has 0 aliphatic rings. The summed E-state index contributed by atoms with van der Waals surface area (Å²) in [5.41, 5.74) is 6.04. The smallest absolute Gasteiger partial charge is 0.249 e. The lowest BCUT2D eigenvalue weighted by Crippen LogP contribution is -2.30. The van der Waals surface area contributed by atoms with Crippen molar-refractivity contribution in [1.82, 2.24) is 4.31 Å². The second-order valence-corrected chi connectivity index (χ2v) is 6.85. The molecule has 0 spiro atoms. The molecular weight excluding hydrogens is 280 g/mol. The Balaban J connectivity index is 3.09. The lowest BCUT2D eigenvalue weighted by Gasteiger charge is -2.18. The summed E-state index contributed by atoms with van der Waals surface area (Å²) in [5, 5.41) is 9.21. The molecule has 112 valence electrons. The van der Waals surface area contributed by atoms with Gasteiger partial charge in [0.15, 0.2) is 0 Å². The number of nitrogens with two attached hydrogens (primary N) is 1. The van der Waals surface area contributed by atoms with Gasteiger partial charge in [0.05, 0.1) is 11.0 Å². The highest BCUT2D eigenvalue weighted by atomic mass is 32.2. The average Bonchev–Trinajstić information content (AvgIpc) is 2.35. The summed E-state index contributed by atoms with van der Waals surface area (Å²) in [6.07, 6.45) is -0.239. The van der Waals surface area contributed by atoms with E-state index in [1.165, 1.54) is 19.2 Å². The van der Waals surface area contributed by atoms with E-state index in [9.17, 15) is 18.3 Å². The zero-order chi connectivity index (χ0) is 15.5. The number of primary amides is 1. The van der Waals surface area contributed by atoms with Gasteiger partial charge in [-0.25, -0.2) is 12.7 Å². The quantitative estimate of drug-likeness (QED) is 0.798. The van der Waals surface area contributed by atoms with E-state index in [0.29, 0.717) is 12.0 Å². The molecule has 3 N–H and O–H groups in total. The maximum Gasteiger partial charge on any atom is 0.249 e. The van der Waals surface area contributed by atoms with Crippen molar-refractivity contribution >= 4 is 15.9 Å². The van der Waals surface area contributed by atoms with Crippen LogP contribution in [0.15, 0.2) is 23.1 Å². The molecule has 1 amide bonds. The van der Waals surface area contributed by atoms with Crippen molar-refractivity contribution in [1.29, 1.82) is 0 Å². The molecule has 0 aromatic heterocycles. The van der Waals surface area contributed by atoms with E-state index in [4.69, 9.17) is 5.73 Å². The minimum absolute atomic E-state index is 0.0185. The van der Waals surface area contributed by atoms with Gasteiger partial charge in [0, 0.05) is 19.2 Å². The van der Waals surface area contributed by atoms with Crippen molar-refractivity contribution in [3.05, 3.63) is 29.3 Å². The second-order valence-electron chi connectivity index (χ2n) is 4.81. The SMILES string of the molecule is Cc1ccc(S(=O)(=O)N(C)CCC(C)O)cc1C(N)=O. The first kappa shape index (κ1) is 16.6. The van der Waals surface area contributed by atoms with E-state index >= 15 is 0 Å². The Labute approximate surface area is 119 Å². The summed E-state index contributed by atoms with van der Waals surface area (Å²) >= 11 is 0. The lowest BCUT2D eigenvalue weighted by atomic mass is 10.1. The van der Waals surface area contributed by atoms with Crippen molar-refractivity contribution in [2.45, 2.75) is 31.3 Å². The van der Waals surface area contributed by atoms with Gasteiger partial charge in [0.2, 0.25) is 15.9 Å². The molecule has 0 fully saturated rings. The predicted molar refractivity (Wildman–Crippen MR) is 75.8 cm³/mol. The number of hydrogen-bond acceptors (Lipinski definition) is 4. The molecule has 6 nitrogen and oxygen atoms in total. The second kappa shape index (κ2) is 6.34. The molecule has 1 rings (SSSR count). The molecule has 20 heavy (non-hydrogen) atoms. The summed E-state index contributed by atoms with van der Waals surface area (Å²) in [6.45, 7) is 3.48. The average molecular weight is 300 g/mol. The van der Waals surface area contributed by atoms with Crippen LogP contribution >= 0.6 is 0 Å². The minimum atomic E-state index is -3.69. The number of aliphatic hydroxyl groups is 1. The Bertz CT molecular complexity index is 596. The standard InChI is InChI=1S/C13H20N2O4S/c1-9-4-5-11(8-12(9)13(14)17)20(18,19)15(3)7-6-10(2)16/h4-5,8,10,16H,6-7H2,1-3H3,(H2,14,17). The molecule has 0 aliphatic carbocycles. The maximum atomic E-state index is 12.3. The third-order valence-corrected chi connectivity index (χ3v) is 4.90. The number of nitrogens with zero attached hydrogens (tertiary/aromatic N) is 1. The van der Waals surface area contributed by atoms with Gasteiger partial charge in [-0.3, -0.25) is 4.79 Å². The predicted octanol–water partition coefficient (Wildman–Crippen LogP) is 0.485. The van der Waals surface area contributed by atoms with E-state index in [1.807, 2.05) is 0 Å². The molecule has 7 heteroatoms. The fourth-order valence-corrected chi connectivity index (χ4v) is 2.91. The van der Waals surface area contributed by atoms with Crippen LogP contribution in [0.25, 0.3) is 0 Å². The molecule has 1 unspecified atom stereocenters. The van der Waals surface area contributed by atoms with Gasteiger partial charge in [-0.1, -0.05) is 6.07 Å². The first-order chi connectivity index (χ1) is 9.16.